The Morgan fingerprint density at radius 1 is 1.40 bits per heavy atom. The third kappa shape index (κ3) is 3.44. The number of ether oxygens (including phenoxy) is 1. The second-order valence-electron chi connectivity index (χ2n) is 3.18. The minimum Gasteiger partial charge on any atom is -0.423 e. The topological polar surface area (TPSA) is 26.3 Å². The normalized spacial score (nSPS) is 9.87. The Hall–Kier alpha value is -0.110. The second kappa shape index (κ2) is 5.29. The van der Waals surface area contributed by atoms with Crippen LogP contribution in [0.2, 0.25) is 0 Å². The lowest BCUT2D eigenvalue weighted by atomic mass is 10.2. The van der Waals surface area contributed by atoms with E-state index < -0.39 is 0 Å². The highest BCUT2D eigenvalue weighted by Gasteiger charge is 2.10. The van der Waals surface area contributed by atoms with Crippen molar-refractivity contribution in [2.75, 3.05) is 0 Å². The van der Waals surface area contributed by atoms with Gasteiger partial charge in [0.25, 0.3) is 0 Å². The Labute approximate surface area is 116 Å². The molecule has 1 aromatic rings. The summed E-state index contributed by atoms with van der Waals surface area (Å²) in [5.41, 5.74) is 1.38. The van der Waals surface area contributed by atoms with Gasteiger partial charge in [-0.05, 0) is 71.2 Å². The molecule has 0 radical (unpaired) electrons. The van der Waals surface area contributed by atoms with Gasteiger partial charge in [-0.2, -0.15) is 0 Å². The van der Waals surface area contributed by atoms with Gasteiger partial charge >= 0.3 is 5.97 Å². The third-order valence-corrected chi connectivity index (χ3v) is 3.56. The molecule has 0 aliphatic heterocycles. The van der Waals surface area contributed by atoms with Crippen LogP contribution in [0.15, 0.2) is 24.3 Å². The molecule has 0 unspecified atom stereocenters. The number of carbonyl (C=O) groups excluding carboxylic acids is 1. The lowest BCUT2D eigenvalue weighted by Crippen LogP contribution is -2.09. The van der Waals surface area contributed by atoms with E-state index in [0.29, 0.717) is 11.3 Å². The van der Waals surface area contributed by atoms with E-state index in [1.54, 1.807) is 6.92 Å². The first-order valence-electron chi connectivity index (χ1n) is 4.25. The zero-order chi connectivity index (χ0) is 11.6. The van der Waals surface area contributed by atoms with Crippen LogP contribution >= 0.6 is 45.2 Å². The molecule has 0 aliphatic rings. The Bertz CT molecular complexity index is 425. The quantitative estimate of drug-likeness (QED) is 0.311. The van der Waals surface area contributed by atoms with E-state index in [-0.39, 0.29) is 5.97 Å². The zero-order valence-corrected chi connectivity index (χ0v) is 12.7. The summed E-state index contributed by atoms with van der Waals surface area (Å²) in [6.07, 6.45) is 0. The molecule has 0 fully saturated rings. The van der Waals surface area contributed by atoms with Gasteiger partial charge in [-0.3, -0.25) is 0 Å². The molecule has 0 heterocycles. The maximum atomic E-state index is 11.4. The zero-order valence-electron chi connectivity index (χ0n) is 8.43. The van der Waals surface area contributed by atoms with Crippen molar-refractivity contribution in [3.05, 3.63) is 37.0 Å². The molecule has 0 spiro atoms. The van der Waals surface area contributed by atoms with Crippen LogP contribution in [-0.4, -0.2) is 5.97 Å². The van der Waals surface area contributed by atoms with Crippen LogP contribution in [0.5, 0.6) is 5.75 Å². The largest absolute Gasteiger partial charge is 0.423 e. The van der Waals surface area contributed by atoms with E-state index in [1.807, 2.05) is 19.1 Å². The lowest BCUT2D eigenvalue weighted by Gasteiger charge is -2.09. The summed E-state index contributed by atoms with van der Waals surface area (Å²) in [6, 6.07) is 3.88. The smallest absolute Gasteiger partial charge is 0.338 e. The molecule has 0 N–H and O–H groups in total. The molecule has 0 saturated heterocycles. The van der Waals surface area contributed by atoms with Crippen molar-refractivity contribution < 1.29 is 9.53 Å². The standard InChI is InChI=1S/C11H10I2O2/c1-6(2)11(14)15-10-5-8(12)4-9(13)7(10)3/h4-5H,1H2,2-3H3. The Morgan fingerprint density at radius 2 is 2.00 bits per heavy atom. The van der Waals surface area contributed by atoms with Crippen molar-refractivity contribution >= 4 is 51.2 Å². The second-order valence-corrected chi connectivity index (χ2v) is 5.59. The monoisotopic (exact) mass is 428 g/mol. The molecule has 1 rings (SSSR count). The fourth-order valence-electron chi connectivity index (χ4n) is 0.915. The third-order valence-electron chi connectivity index (χ3n) is 1.81. The fraction of sp³-hybridized carbons (Fsp3) is 0.182. The van der Waals surface area contributed by atoms with Gasteiger partial charge < -0.3 is 4.74 Å². The van der Waals surface area contributed by atoms with E-state index in [0.717, 1.165) is 12.7 Å². The summed E-state index contributed by atoms with van der Waals surface area (Å²) in [6.45, 7) is 7.11. The average molecular weight is 428 g/mol. The Kier molecular flexibility index (Phi) is 4.57. The van der Waals surface area contributed by atoms with Crippen molar-refractivity contribution in [3.8, 4) is 5.75 Å². The molecule has 1 aromatic carbocycles. The molecule has 0 atom stereocenters. The average Bonchev–Trinajstić information content (AvgIpc) is 2.13. The van der Waals surface area contributed by atoms with Crippen LogP contribution in [0.1, 0.15) is 12.5 Å². The molecule has 15 heavy (non-hydrogen) atoms. The van der Waals surface area contributed by atoms with Crippen LogP contribution in [0.3, 0.4) is 0 Å². The summed E-state index contributed by atoms with van der Waals surface area (Å²) in [5, 5.41) is 0. The molecular weight excluding hydrogens is 418 g/mol. The van der Waals surface area contributed by atoms with E-state index in [2.05, 4.69) is 51.8 Å². The highest BCUT2D eigenvalue weighted by molar-refractivity contribution is 14.1. The summed E-state index contributed by atoms with van der Waals surface area (Å²) < 4.78 is 7.36. The number of halogens is 2. The van der Waals surface area contributed by atoms with Gasteiger partial charge in [0.1, 0.15) is 5.75 Å². The molecule has 0 amide bonds. The van der Waals surface area contributed by atoms with E-state index in [4.69, 9.17) is 4.74 Å². The highest BCUT2D eigenvalue weighted by atomic mass is 127. The minimum atomic E-state index is -0.379. The van der Waals surface area contributed by atoms with Crippen molar-refractivity contribution in [3.63, 3.8) is 0 Å². The van der Waals surface area contributed by atoms with Gasteiger partial charge in [-0.1, -0.05) is 6.58 Å². The van der Waals surface area contributed by atoms with Gasteiger partial charge in [-0.15, -0.1) is 0 Å². The van der Waals surface area contributed by atoms with Crippen molar-refractivity contribution in [1.29, 1.82) is 0 Å². The van der Waals surface area contributed by atoms with E-state index in [1.165, 1.54) is 0 Å². The van der Waals surface area contributed by atoms with Gasteiger partial charge in [0.05, 0.1) is 0 Å². The Morgan fingerprint density at radius 3 is 2.53 bits per heavy atom. The predicted octanol–water partition coefficient (Wildman–Crippen LogP) is 3.69. The van der Waals surface area contributed by atoms with Gasteiger partial charge in [0.2, 0.25) is 0 Å². The maximum Gasteiger partial charge on any atom is 0.338 e. The maximum absolute atomic E-state index is 11.4. The first kappa shape index (κ1) is 13.0. The van der Waals surface area contributed by atoms with Gasteiger partial charge in [-0.25, -0.2) is 4.79 Å². The number of hydrogen-bond donors (Lipinski definition) is 0. The SMILES string of the molecule is C=C(C)C(=O)Oc1cc(I)cc(I)c1C. The van der Waals surface area contributed by atoms with Crippen LogP contribution in [0, 0.1) is 14.1 Å². The molecule has 0 saturated carbocycles. The van der Waals surface area contributed by atoms with Gasteiger partial charge in [0, 0.05) is 18.3 Å². The number of benzene rings is 1. The summed E-state index contributed by atoms with van der Waals surface area (Å²) in [5.74, 6) is 0.232. The molecule has 0 bridgehead atoms. The number of rotatable bonds is 2. The summed E-state index contributed by atoms with van der Waals surface area (Å²) >= 11 is 4.41. The number of esters is 1. The van der Waals surface area contributed by atoms with Crippen molar-refractivity contribution in [2.45, 2.75) is 13.8 Å². The van der Waals surface area contributed by atoms with Crippen LogP contribution in [-0.2, 0) is 4.79 Å². The van der Waals surface area contributed by atoms with Crippen molar-refractivity contribution in [2.24, 2.45) is 0 Å². The molecular formula is C11H10I2O2. The molecule has 80 valence electrons. The first-order chi connectivity index (χ1) is 6.91. The molecule has 2 nitrogen and oxygen atoms in total. The highest BCUT2D eigenvalue weighted by Crippen LogP contribution is 2.26. The van der Waals surface area contributed by atoms with Crippen LogP contribution in [0.4, 0.5) is 0 Å². The van der Waals surface area contributed by atoms with Crippen LogP contribution < -0.4 is 4.74 Å². The number of carbonyl (C=O) groups is 1. The Balaban J connectivity index is 3.05. The summed E-state index contributed by atoms with van der Waals surface area (Å²) in [7, 11) is 0. The van der Waals surface area contributed by atoms with E-state index >= 15 is 0 Å². The minimum absolute atomic E-state index is 0.379. The van der Waals surface area contributed by atoms with Crippen molar-refractivity contribution in [1.82, 2.24) is 0 Å². The fourth-order valence-corrected chi connectivity index (χ4v) is 2.71. The summed E-state index contributed by atoms with van der Waals surface area (Å²) in [4.78, 5) is 11.4. The predicted molar refractivity (Wildman–Crippen MR) is 77.1 cm³/mol. The van der Waals surface area contributed by atoms with E-state index in [9.17, 15) is 4.79 Å². The number of hydrogen-bond acceptors (Lipinski definition) is 2. The first-order valence-corrected chi connectivity index (χ1v) is 6.41. The van der Waals surface area contributed by atoms with Crippen LogP contribution in [0.25, 0.3) is 0 Å². The lowest BCUT2D eigenvalue weighted by molar-refractivity contribution is -0.130. The molecule has 0 aromatic heterocycles. The molecule has 0 aliphatic carbocycles. The molecule has 4 heteroatoms. The van der Waals surface area contributed by atoms with Gasteiger partial charge in [0.15, 0.2) is 0 Å².